The van der Waals surface area contributed by atoms with Gasteiger partial charge in [0.15, 0.2) is 0 Å². The molecule has 1 saturated heterocycles. The smallest absolute Gasteiger partial charge is 0.246 e. The summed E-state index contributed by atoms with van der Waals surface area (Å²) in [5.41, 5.74) is 3.04. The topological polar surface area (TPSA) is 52.7 Å². The molecule has 0 saturated carbocycles. The van der Waals surface area contributed by atoms with Gasteiger partial charge in [-0.15, -0.1) is 0 Å². The third kappa shape index (κ3) is 6.06. The summed E-state index contributed by atoms with van der Waals surface area (Å²) in [7, 11) is 0. The van der Waals surface area contributed by atoms with E-state index >= 15 is 0 Å². The van der Waals surface area contributed by atoms with Crippen LogP contribution in [0.1, 0.15) is 18.1 Å². The molecule has 5 nitrogen and oxygen atoms in total. The second-order valence-electron chi connectivity index (χ2n) is 7.04. The van der Waals surface area contributed by atoms with Crippen molar-refractivity contribution in [2.24, 2.45) is 0 Å². The second-order valence-corrected chi connectivity index (χ2v) is 7.04. The van der Waals surface area contributed by atoms with E-state index in [1.165, 1.54) is 12.5 Å². The van der Waals surface area contributed by atoms with Crippen LogP contribution in [0.4, 0.5) is 5.69 Å². The van der Waals surface area contributed by atoms with Crippen LogP contribution >= 0.6 is 0 Å². The molecular weight excluding hydrogens is 350 g/mol. The first kappa shape index (κ1) is 19.8. The molecule has 0 bridgehead atoms. The Labute approximate surface area is 166 Å². The van der Waals surface area contributed by atoms with Crippen LogP contribution in [0.2, 0.25) is 0 Å². The number of nitrogens with one attached hydrogen (secondary N) is 1. The molecule has 0 radical (unpaired) electrons. The van der Waals surface area contributed by atoms with Gasteiger partial charge in [-0.05, 0) is 35.8 Å². The first-order valence-electron chi connectivity index (χ1n) is 9.71. The summed E-state index contributed by atoms with van der Waals surface area (Å²) in [5.74, 6) is -0.0463. The lowest BCUT2D eigenvalue weighted by atomic mass is 10.1. The Morgan fingerprint density at radius 1 is 0.964 bits per heavy atom. The van der Waals surface area contributed by atoms with Gasteiger partial charge in [-0.2, -0.15) is 0 Å². The predicted octanol–water partition coefficient (Wildman–Crippen LogP) is 3.05. The molecule has 0 aliphatic carbocycles. The molecule has 1 N–H and O–H groups in total. The van der Waals surface area contributed by atoms with E-state index in [2.05, 4.69) is 34.5 Å². The number of rotatable bonds is 6. The molecule has 1 aliphatic rings. The van der Waals surface area contributed by atoms with E-state index in [1.54, 1.807) is 6.08 Å². The molecule has 2 aromatic carbocycles. The van der Waals surface area contributed by atoms with E-state index in [1.807, 2.05) is 41.3 Å². The maximum absolute atomic E-state index is 12.4. The minimum Gasteiger partial charge on any atom is -0.337 e. The lowest BCUT2D eigenvalue weighted by Gasteiger charge is -2.34. The molecule has 146 valence electrons. The molecule has 28 heavy (non-hydrogen) atoms. The van der Waals surface area contributed by atoms with E-state index in [4.69, 9.17) is 0 Å². The lowest BCUT2D eigenvalue weighted by Crippen LogP contribution is -2.48. The molecule has 5 heteroatoms. The van der Waals surface area contributed by atoms with Crippen molar-refractivity contribution in [3.8, 4) is 0 Å². The average molecular weight is 377 g/mol. The maximum Gasteiger partial charge on any atom is 0.246 e. The Kier molecular flexibility index (Phi) is 6.98. The van der Waals surface area contributed by atoms with E-state index in [-0.39, 0.29) is 11.8 Å². The third-order valence-corrected chi connectivity index (χ3v) is 4.89. The van der Waals surface area contributed by atoms with Crippen molar-refractivity contribution in [3.05, 3.63) is 71.8 Å². The number of hydrogen-bond donors (Lipinski definition) is 1. The van der Waals surface area contributed by atoms with Gasteiger partial charge in [-0.1, -0.05) is 42.5 Å². The largest absolute Gasteiger partial charge is 0.337 e. The summed E-state index contributed by atoms with van der Waals surface area (Å²) in [6.07, 6.45) is 4.50. The summed E-state index contributed by atoms with van der Waals surface area (Å²) in [5, 5.41) is 2.73. The quantitative estimate of drug-likeness (QED) is 0.788. The summed E-state index contributed by atoms with van der Waals surface area (Å²) in [6.45, 7) is 5.87. The summed E-state index contributed by atoms with van der Waals surface area (Å²) in [6, 6.07) is 17.9. The van der Waals surface area contributed by atoms with Crippen molar-refractivity contribution in [1.29, 1.82) is 0 Å². The highest BCUT2D eigenvalue weighted by atomic mass is 16.2. The molecule has 0 atom stereocenters. The molecule has 0 spiro atoms. The van der Waals surface area contributed by atoms with Crippen LogP contribution < -0.4 is 5.32 Å². The standard InChI is InChI=1S/C23H27N3O2/c1-19(27)24-22-10-7-21(8-11-22)9-12-23(28)26-17-15-25(16-18-26)14-13-20-5-3-2-4-6-20/h2-12H,13-18H2,1H3,(H,24,27)/b12-9+. The number of nitrogens with zero attached hydrogens (tertiary/aromatic N) is 2. The summed E-state index contributed by atoms with van der Waals surface area (Å²) >= 11 is 0. The van der Waals surface area contributed by atoms with Gasteiger partial charge in [-0.25, -0.2) is 0 Å². The first-order valence-corrected chi connectivity index (χ1v) is 9.71. The van der Waals surface area contributed by atoms with Gasteiger partial charge in [0.25, 0.3) is 0 Å². The Balaban J connectivity index is 1.43. The van der Waals surface area contributed by atoms with Gasteiger partial charge in [0.1, 0.15) is 0 Å². The fourth-order valence-corrected chi connectivity index (χ4v) is 3.28. The number of amides is 2. The van der Waals surface area contributed by atoms with Crippen molar-refractivity contribution in [1.82, 2.24) is 9.80 Å². The normalized spacial score (nSPS) is 15.0. The highest BCUT2D eigenvalue weighted by Gasteiger charge is 2.19. The molecule has 1 aliphatic heterocycles. The van der Waals surface area contributed by atoms with Crippen molar-refractivity contribution in [3.63, 3.8) is 0 Å². The number of carbonyl (C=O) groups is 2. The van der Waals surface area contributed by atoms with Gasteiger partial charge in [0, 0.05) is 51.4 Å². The van der Waals surface area contributed by atoms with E-state index in [0.29, 0.717) is 0 Å². The van der Waals surface area contributed by atoms with Crippen molar-refractivity contribution >= 4 is 23.6 Å². The fourth-order valence-electron chi connectivity index (χ4n) is 3.28. The minimum absolute atomic E-state index is 0.0497. The highest BCUT2D eigenvalue weighted by Crippen LogP contribution is 2.11. The zero-order valence-corrected chi connectivity index (χ0v) is 16.3. The second kappa shape index (κ2) is 9.85. The Bertz CT molecular complexity index is 808. The van der Waals surface area contributed by atoms with E-state index in [9.17, 15) is 9.59 Å². The fraction of sp³-hybridized carbons (Fsp3) is 0.304. The van der Waals surface area contributed by atoms with E-state index < -0.39 is 0 Å². The first-order chi connectivity index (χ1) is 13.6. The van der Waals surface area contributed by atoms with Crippen LogP contribution in [0.3, 0.4) is 0 Å². The number of anilines is 1. The van der Waals surface area contributed by atoms with Crippen LogP contribution in [0.15, 0.2) is 60.7 Å². The molecule has 2 amide bonds. The zero-order chi connectivity index (χ0) is 19.8. The van der Waals surface area contributed by atoms with Crippen LogP contribution in [0.25, 0.3) is 6.08 Å². The Morgan fingerprint density at radius 2 is 1.64 bits per heavy atom. The van der Waals surface area contributed by atoms with Crippen LogP contribution in [0, 0.1) is 0 Å². The van der Waals surface area contributed by atoms with Gasteiger partial charge >= 0.3 is 0 Å². The van der Waals surface area contributed by atoms with Gasteiger partial charge in [0.05, 0.1) is 0 Å². The molecule has 1 fully saturated rings. The number of carbonyl (C=O) groups excluding carboxylic acids is 2. The average Bonchev–Trinajstić information content (AvgIpc) is 2.72. The van der Waals surface area contributed by atoms with Crippen LogP contribution in [-0.2, 0) is 16.0 Å². The molecule has 1 heterocycles. The molecule has 2 aromatic rings. The van der Waals surface area contributed by atoms with Crippen molar-refractivity contribution in [2.45, 2.75) is 13.3 Å². The maximum atomic E-state index is 12.4. The summed E-state index contributed by atoms with van der Waals surface area (Å²) < 4.78 is 0. The van der Waals surface area contributed by atoms with Crippen molar-refractivity contribution in [2.75, 3.05) is 38.0 Å². The van der Waals surface area contributed by atoms with E-state index in [0.717, 1.165) is 50.4 Å². The number of piperazine rings is 1. The Morgan fingerprint density at radius 3 is 2.29 bits per heavy atom. The lowest BCUT2D eigenvalue weighted by molar-refractivity contribution is -0.127. The SMILES string of the molecule is CC(=O)Nc1ccc(/C=C/C(=O)N2CCN(CCc3ccccc3)CC2)cc1. The minimum atomic E-state index is -0.0959. The number of hydrogen-bond acceptors (Lipinski definition) is 3. The molecular formula is C23H27N3O2. The summed E-state index contributed by atoms with van der Waals surface area (Å²) in [4.78, 5) is 27.8. The molecule has 3 rings (SSSR count). The zero-order valence-electron chi connectivity index (χ0n) is 16.3. The highest BCUT2D eigenvalue weighted by molar-refractivity contribution is 5.92. The monoisotopic (exact) mass is 377 g/mol. The third-order valence-electron chi connectivity index (χ3n) is 4.89. The molecule has 0 unspecified atom stereocenters. The molecule has 0 aromatic heterocycles. The van der Waals surface area contributed by atoms with Crippen LogP contribution in [-0.4, -0.2) is 54.3 Å². The predicted molar refractivity (Wildman–Crippen MR) is 113 cm³/mol. The van der Waals surface area contributed by atoms with Gasteiger partial charge in [0.2, 0.25) is 11.8 Å². The van der Waals surface area contributed by atoms with Gasteiger partial charge < -0.3 is 10.2 Å². The van der Waals surface area contributed by atoms with Crippen molar-refractivity contribution < 1.29 is 9.59 Å². The van der Waals surface area contributed by atoms with Crippen LogP contribution in [0.5, 0.6) is 0 Å². The number of benzene rings is 2. The Hall–Kier alpha value is -2.92. The van der Waals surface area contributed by atoms with Gasteiger partial charge in [-0.3, -0.25) is 14.5 Å².